The zero-order valence-electron chi connectivity index (χ0n) is 23.1. The van der Waals surface area contributed by atoms with Crippen LogP contribution in [0.5, 0.6) is 0 Å². The molecule has 0 radical (unpaired) electrons. The highest BCUT2D eigenvalue weighted by atomic mass is 35.5. The molecule has 2 aliphatic heterocycles. The van der Waals surface area contributed by atoms with Crippen molar-refractivity contribution in [3.63, 3.8) is 0 Å². The number of aromatic nitrogens is 3. The van der Waals surface area contributed by atoms with Crippen LogP contribution in [0.25, 0.3) is 5.69 Å². The second kappa shape index (κ2) is 10.7. The summed E-state index contributed by atoms with van der Waals surface area (Å²) < 4.78 is 16.1. The van der Waals surface area contributed by atoms with Crippen LogP contribution < -0.4 is 0 Å². The standard InChI is InChI=1S/C33H19ClFN5O5/c34-25-12-6-5-11-23(25)29(41)24-15-18(35)13-14-26(24)40-27(16-38-30(42)19-7-1-2-8-20(19)31(38)43)36-37-28(40)17-39-32(44)21-9-3-4-10-22(21)33(39)45/h1-15H,16-17H2. The number of fused-ring (bicyclic) bond motifs is 2. The van der Waals surface area contributed by atoms with Crippen molar-refractivity contribution in [3.8, 4) is 5.69 Å². The molecule has 10 nitrogen and oxygen atoms in total. The van der Waals surface area contributed by atoms with Crippen LogP contribution >= 0.6 is 11.6 Å². The third-order valence-electron chi connectivity index (χ3n) is 7.72. The Labute approximate surface area is 259 Å². The van der Waals surface area contributed by atoms with Crippen LogP contribution in [0.3, 0.4) is 0 Å². The Bertz CT molecular complexity index is 1960. The summed E-state index contributed by atoms with van der Waals surface area (Å²) >= 11 is 6.32. The molecule has 2 aliphatic rings. The van der Waals surface area contributed by atoms with E-state index in [2.05, 4.69) is 10.2 Å². The third kappa shape index (κ3) is 4.52. The van der Waals surface area contributed by atoms with Gasteiger partial charge < -0.3 is 0 Å². The Morgan fingerprint density at radius 3 is 1.53 bits per heavy atom. The van der Waals surface area contributed by atoms with Gasteiger partial charge in [-0.2, -0.15) is 0 Å². The largest absolute Gasteiger partial charge is 0.288 e. The summed E-state index contributed by atoms with van der Waals surface area (Å²) in [7, 11) is 0. The molecule has 0 fully saturated rings. The molecule has 4 aromatic carbocycles. The molecule has 1 aromatic heterocycles. The van der Waals surface area contributed by atoms with E-state index in [1.807, 2.05) is 0 Å². The number of carbonyl (C=O) groups excluding carboxylic acids is 5. The van der Waals surface area contributed by atoms with Gasteiger partial charge in [0.15, 0.2) is 17.4 Å². The Balaban J connectivity index is 1.36. The van der Waals surface area contributed by atoms with Gasteiger partial charge in [-0.1, -0.05) is 48.0 Å². The van der Waals surface area contributed by atoms with E-state index in [-0.39, 0.29) is 68.8 Å². The maximum atomic E-state index is 14.7. The average Bonchev–Trinajstić information content (AvgIpc) is 3.64. The van der Waals surface area contributed by atoms with E-state index >= 15 is 0 Å². The lowest BCUT2D eigenvalue weighted by Gasteiger charge is -2.19. The van der Waals surface area contributed by atoms with E-state index in [9.17, 15) is 28.4 Å². The van der Waals surface area contributed by atoms with E-state index in [1.54, 1.807) is 36.4 Å². The van der Waals surface area contributed by atoms with Crippen molar-refractivity contribution in [1.29, 1.82) is 0 Å². The summed E-state index contributed by atoms with van der Waals surface area (Å²) in [6.45, 7) is -0.753. The zero-order valence-corrected chi connectivity index (χ0v) is 23.9. The van der Waals surface area contributed by atoms with Crippen molar-refractivity contribution < 1.29 is 28.4 Å². The van der Waals surface area contributed by atoms with E-state index in [4.69, 9.17) is 11.6 Å². The molecule has 0 spiro atoms. The van der Waals surface area contributed by atoms with Gasteiger partial charge in [0.05, 0.1) is 46.1 Å². The summed E-state index contributed by atoms with van der Waals surface area (Å²) in [5, 5.41) is 8.60. The topological polar surface area (TPSA) is 123 Å². The molecule has 5 aromatic rings. The molecule has 7 rings (SSSR count). The lowest BCUT2D eigenvalue weighted by molar-refractivity contribution is 0.0626. The van der Waals surface area contributed by atoms with Crippen LogP contribution in [-0.2, 0) is 13.1 Å². The smallest absolute Gasteiger partial charge is 0.261 e. The number of carbonyl (C=O) groups is 5. The molecule has 3 heterocycles. The number of halogens is 2. The van der Waals surface area contributed by atoms with Crippen LogP contribution in [0.4, 0.5) is 4.39 Å². The summed E-state index contributed by atoms with van der Waals surface area (Å²) in [6.07, 6.45) is 0. The number of imide groups is 2. The van der Waals surface area contributed by atoms with Gasteiger partial charge in [-0.15, -0.1) is 10.2 Å². The van der Waals surface area contributed by atoms with Gasteiger partial charge in [0.1, 0.15) is 5.82 Å². The van der Waals surface area contributed by atoms with Crippen LogP contribution in [0.1, 0.15) is 69.0 Å². The van der Waals surface area contributed by atoms with Crippen LogP contribution in [0.15, 0.2) is 91.0 Å². The van der Waals surface area contributed by atoms with Crippen LogP contribution in [-0.4, -0.2) is 54.0 Å². The fraction of sp³-hybridized carbons (Fsp3) is 0.0606. The van der Waals surface area contributed by atoms with Crippen molar-refractivity contribution in [2.24, 2.45) is 0 Å². The number of nitrogens with zero attached hydrogens (tertiary/aromatic N) is 5. The maximum absolute atomic E-state index is 14.7. The highest BCUT2D eigenvalue weighted by Crippen LogP contribution is 2.30. The first-order chi connectivity index (χ1) is 21.7. The Kier molecular flexibility index (Phi) is 6.67. The molecule has 0 aliphatic carbocycles. The molecule has 4 amide bonds. The first-order valence-electron chi connectivity index (χ1n) is 13.7. The van der Waals surface area contributed by atoms with Crippen LogP contribution in [0.2, 0.25) is 5.02 Å². The minimum atomic E-state index is -0.717. The lowest BCUT2D eigenvalue weighted by atomic mass is 10.0. The van der Waals surface area contributed by atoms with Crippen LogP contribution in [0, 0.1) is 5.82 Å². The molecule has 0 N–H and O–H groups in total. The SMILES string of the molecule is O=C(c1ccccc1Cl)c1cc(F)ccc1-n1c(CN2C(=O)c3ccccc3C2=O)nnc1CN1C(=O)c2ccccc2C1=O. The monoisotopic (exact) mass is 619 g/mol. The zero-order chi connectivity index (χ0) is 31.4. The van der Waals surface area contributed by atoms with E-state index in [0.717, 1.165) is 21.9 Å². The fourth-order valence-corrected chi connectivity index (χ4v) is 5.78. The van der Waals surface area contributed by atoms with E-state index < -0.39 is 35.2 Å². The normalized spacial score (nSPS) is 13.9. The Hall–Kier alpha value is -5.81. The van der Waals surface area contributed by atoms with Gasteiger partial charge in [-0.05, 0) is 54.6 Å². The van der Waals surface area contributed by atoms with Gasteiger partial charge >= 0.3 is 0 Å². The van der Waals surface area contributed by atoms with Gasteiger partial charge in [-0.25, -0.2) is 4.39 Å². The summed E-state index contributed by atoms with van der Waals surface area (Å²) in [6, 6.07) is 22.4. The van der Waals surface area contributed by atoms with Gasteiger partial charge in [0, 0.05) is 11.1 Å². The minimum Gasteiger partial charge on any atom is -0.288 e. The number of rotatable bonds is 7. The van der Waals surface area contributed by atoms with E-state index in [0.29, 0.717) is 0 Å². The van der Waals surface area contributed by atoms with Crippen molar-refractivity contribution in [1.82, 2.24) is 24.6 Å². The molecule has 12 heteroatoms. The molecule has 0 bridgehead atoms. The molecule has 0 saturated heterocycles. The molecule has 0 saturated carbocycles. The van der Waals surface area contributed by atoms with E-state index in [1.165, 1.54) is 47.0 Å². The first-order valence-corrected chi connectivity index (χ1v) is 14.0. The van der Waals surface area contributed by atoms with Gasteiger partial charge in [-0.3, -0.25) is 38.3 Å². The molecular formula is C33H19ClFN5O5. The first kappa shape index (κ1) is 28.0. The molecular weight excluding hydrogens is 601 g/mol. The summed E-state index contributed by atoms with van der Waals surface area (Å²) in [5.74, 6) is -3.52. The second-order valence-corrected chi connectivity index (χ2v) is 10.7. The van der Waals surface area contributed by atoms with Crippen molar-refractivity contribution >= 4 is 41.0 Å². The molecule has 0 atom stereocenters. The highest BCUT2D eigenvalue weighted by molar-refractivity contribution is 6.35. The fourth-order valence-electron chi connectivity index (χ4n) is 5.56. The van der Waals surface area contributed by atoms with Gasteiger partial charge in [0.25, 0.3) is 23.6 Å². The predicted octanol–water partition coefficient (Wildman–Crippen LogP) is 4.88. The predicted molar refractivity (Wildman–Crippen MR) is 157 cm³/mol. The number of amides is 4. The molecule has 45 heavy (non-hydrogen) atoms. The molecule has 220 valence electrons. The maximum Gasteiger partial charge on any atom is 0.261 e. The van der Waals surface area contributed by atoms with Crippen molar-refractivity contribution in [2.75, 3.05) is 0 Å². The number of hydrogen-bond acceptors (Lipinski definition) is 7. The molecule has 0 unspecified atom stereocenters. The highest BCUT2D eigenvalue weighted by Gasteiger charge is 2.39. The quantitative estimate of drug-likeness (QED) is 0.188. The number of ketones is 1. The third-order valence-corrected chi connectivity index (χ3v) is 8.04. The minimum absolute atomic E-state index is 0.0240. The Morgan fingerprint density at radius 1 is 0.622 bits per heavy atom. The van der Waals surface area contributed by atoms with Crippen molar-refractivity contribution in [3.05, 3.63) is 147 Å². The number of benzene rings is 4. The summed E-state index contributed by atoms with van der Waals surface area (Å²) in [4.78, 5) is 68.7. The Morgan fingerprint density at radius 2 is 1.07 bits per heavy atom. The van der Waals surface area contributed by atoms with Crippen molar-refractivity contribution in [2.45, 2.75) is 13.1 Å². The summed E-state index contributed by atoms with van der Waals surface area (Å²) in [5.41, 5.74) is 0.933. The number of hydrogen-bond donors (Lipinski definition) is 0. The second-order valence-electron chi connectivity index (χ2n) is 10.3. The van der Waals surface area contributed by atoms with Gasteiger partial charge in [0.2, 0.25) is 0 Å². The average molecular weight is 620 g/mol. The lowest BCUT2D eigenvalue weighted by Crippen LogP contribution is -2.32.